The molecule has 0 bridgehead atoms. The fourth-order valence-electron chi connectivity index (χ4n) is 3.77. The molecule has 196 valence electrons. The Hall–Kier alpha value is -3.16. The quantitative estimate of drug-likeness (QED) is 0.315. The summed E-state index contributed by atoms with van der Waals surface area (Å²) in [5.74, 6) is 0.360. The van der Waals surface area contributed by atoms with Gasteiger partial charge in [-0.05, 0) is 25.1 Å². The van der Waals surface area contributed by atoms with E-state index in [1.165, 1.54) is 30.6 Å². The molecule has 0 atom stereocenters. The van der Waals surface area contributed by atoms with Crippen molar-refractivity contribution in [1.29, 1.82) is 0 Å². The molecule has 0 spiro atoms. The van der Waals surface area contributed by atoms with E-state index in [2.05, 4.69) is 9.97 Å². The molecule has 0 amide bonds. The van der Waals surface area contributed by atoms with Crippen LogP contribution in [-0.2, 0) is 12.0 Å². The van der Waals surface area contributed by atoms with E-state index in [1.807, 2.05) is 0 Å². The Kier molecular flexibility index (Phi) is 6.76. The Morgan fingerprint density at radius 3 is 2.19 bits per heavy atom. The third kappa shape index (κ3) is 4.66. The highest BCUT2D eigenvalue weighted by atomic mass is 35.5. The van der Waals surface area contributed by atoms with Crippen LogP contribution >= 0.6 is 22.9 Å². The Morgan fingerprint density at radius 2 is 1.68 bits per heavy atom. The third-order valence-corrected chi connectivity index (χ3v) is 6.70. The molecule has 6 nitrogen and oxygen atoms in total. The van der Waals surface area contributed by atoms with Crippen LogP contribution in [0.15, 0.2) is 46.6 Å². The van der Waals surface area contributed by atoms with Gasteiger partial charge in [-0.25, -0.2) is 9.97 Å². The SMILES string of the molecule is COc1cc2nc(Cc3csc(C)n3)n(-c3ccc(C(O)(C(F)(F)F)C(F)(F)F)cc3)c(=O)c2cc1Cl. The van der Waals surface area contributed by atoms with E-state index >= 15 is 0 Å². The van der Waals surface area contributed by atoms with E-state index < -0.39 is 29.1 Å². The van der Waals surface area contributed by atoms with E-state index in [9.17, 15) is 36.2 Å². The number of ether oxygens (including phenoxy) is 1. The van der Waals surface area contributed by atoms with Gasteiger partial charge in [0.2, 0.25) is 0 Å². The van der Waals surface area contributed by atoms with Crippen molar-refractivity contribution in [3.8, 4) is 11.4 Å². The van der Waals surface area contributed by atoms with Gasteiger partial charge in [0.25, 0.3) is 11.2 Å². The molecule has 0 saturated heterocycles. The number of aryl methyl sites for hydroxylation is 1. The maximum Gasteiger partial charge on any atom is 0.430 e. The first-order valence-electron chi connectivity index (χ1n) is 10.3. The molecule has 14 heteroatoms. The molecule has 2 aromatic carbocycles. The van der Waals surface area contributed by atoms with Crippen molar-refractivity contribution in [3.05, 3.63) is 79.2 Å². The minimum absolute atomic E-state index is 0.0251. The number of methoxy groups -OCH3 is 1. The van der Waals surface area contributed by atoms with Gasteiger partial charge in [-0.3, -0.25) is 9.36 Å². The van der Waals surface area contributed by atoms with Gasteiger partial charge in [-0.2, -0.15) is 26.3 Å². The van der Waals surface area contributed by atoms with Gasteiger partial charge in [-0.15, -0.1) is 11.3 Å². The van der Waals surface area contributed by atoms with E-state index in [0.717, 1.165) is 21.7 Å². The minimum atomic E-state index is -6.04. The fourth-order valence-corrected chi connectivity index (χ4v) is 4.62. The largest absolute Gasteiger partial charge is 0.495 e. The standard InChI is InChI=1S/C23H16ClF6N3O3S/c1-11-31-13(10-37-11)7-19-32-17-9-18(36-2)16(24)8-15(17)20(34)33(19)14-5-3-12(4-6-14)21(35,22(25,26)27)23(28,29)30/h3-6,8-10,35H,7H2,1-2H3. The first-order chi connectivity index (χ1) is 17.2. The predicted octanol–water partition coefficient (Wildman–Crippen LogP) is 5.72. The lowest BCUT2D eigenvalue weighted by molar-refractivity contribution is -0.376. The zero-order chi connectivity index (χ0) is 27.3. The Morgan fingerprint density at radius 1 is 1.05 bits per heavy atom. The fraction of sp³-hybridized carbons (Fsp3) is 0.261. The van der Waals surface area contributed by atoms with Gasteiger partial charge in [0.05, 0.1) is 39.4 Å². The summed E-state index contributed by atoms with van der Waals surface area (Å²) in [7, 11) is 1.37. The molecule has 37 heavy (non-hydrogen) atoms. The molecule has 0 radical (unpaired) electrons. The summed E-state index contributed by atoms with van der Waals surface area (Å²) < 4.78 is 86.0. The number of rotatable bonds is 5. The molecule has 4 aromatic rings. The molecule has 0 aliphatic rings. The number of fused-ring (bicyclic) bond motifs is 1. The van der Waals surface area contributed by atoms with Gasteiger partial charge in [0, 0.05) is 23.4 Å². The van der Waals surface area contributed by atoms with Crippen LogP contribution in [0.25, 0.3) is 16.6 Å². The summed E-state index contributed by atoms with van der Waals surface area (Å²) in [4.78, 5) is 22.3. The van der Waals surface area contributed by atoms with Crippen LogP contribution in [0.1, 0.15) is 22.1 Å². The number of hydrogen-bond donors (Lipinski definition) is 1. The van der Waals surface area contributed by atoms with E-state index in [1.54, 1.807) is 12.3 Å². The van der Waals surface area contributed by atoms with Gasteiger partial charge in [-0.1, -0.05) is 23.7 Å². The summed E-state index contributed by atoms with van der Waals surface area (Å²) in [5.41, 5.74) is -6.55. The van der Waals surface area contributed by atoms with Gasteiger partial charge < -0.3 is 9.84 Å². The molecule has 1 N–H and O–H groups in total. The van der Waals surface area contributed by atoms with Gasteiger partial charge in [0.1, 0.15) is 11.6 Å². The monoisotopic (exact) mass is 563 g/mol. The van der Waals surface area contributed by atoms with Crippen molar-refractivity contribution in [1.82, 2.24) is 14.5 Å². The van der Waals surface area contributed by atoms with Crippen molar-refractivity contribution < 1.29 is 36.2 Å². The lowest BCUT2D eigenvalue weighted by atomic mass is 9.92. The maximum atomic E-state index is 13.5. The number of aromatic nitrogens is 3. The maximum absolute atomic E-state index is 13.5. The lowest BCUT2D eigenvalue weighted by Gasteiger charge is -2.32. The summed E-state index contributed by atoms with van der Waals surface area (Å²) in [6.45, 7) is 1.77. The first kappa shape index (κ1) is 26.9. The van der Waals surface area contributed by atoms with E-state index in [0.29, 0.717) is 17.8 Å². The zero-order valence-corrected chi connectivity index (χ0v) is 20.5. The number of alkyl halides is 6. The van der Waals surface area contributed by atoms with Crippen LogP contribution in [0.5, 0.6) is 5.75 Å². The molecule has 0 fully saturated rings. The molecule has 0 aliphatic heterocycles. The zero-order valence-electron chi connectivity index (χ0n) is 18.9. The highest BCUT2D eigenvalue weighted by Gasteiger charge is 2.71. The minimum Gasteiger partial charge on any atom is -0.495 e. The van der Waals surface area contributed by atoms with E-state index in [-0.39, 0.29) is 39.6 Å². The Bertz CT molecular complexity index is 1520. The molecule has 0 aliphatic carbocycles. The van der Waals surface area contributed by atoms with Crippen molar-refractivity contribution in [2.75, 3.05) is 7.11 Å². The normalized spacial score (nSPS) is 12.8. The molecule has 0 saturated carbocycles. The first-order valence-corrected chi connectivity index (χ1v) is 11.6. The second-order valence-corrected chi connectivity index (χ2v) is 9.43. The van der Waals surface area contributed by atoms with E-state index in [4.69, 9.17) is 16.3 Å². The molecular formula is C23H16ClF6N3O3S. The number of nitrogens with zero attached hydrogens (tertiary/aromatic N) is 3. The number of halogens is 7. The van der Waals surface area contributed by atoms with Crippen LogP contribution in [0.4, 0.5) is 26.3 Å². The highest BCUT2D eigenvalue weighted by molar-refractivity contribution is 7.09. The number of thiazole rings is 1. The third-order valence-electron chi connectivity index (χ3n) is 5.58. The van der Waals surface area contributed by atoms with Crippen LogP contribution in [0, 0.1) is 6.92 Å². The smallest absolute Gasteiger partial charge is 0.430 e. The molecule has 2 heterocycles. The summed E-state index contributed by atoms with van der Waals surface area (Å²) in [5, 5.41) is 12.3. The van der Waals surface area contributed by atoms with Gasteiger partial charge in [0.15, 0.2) is 0 Å². The molecular weight excluding hydrogens is 548 g/mol. The average molecular weight is 564 g/mol. The summed E-state index contributed by atoms with van der Waals surface area (Å²) in [6, 6.07) is 5.41. The average Bonchev–Trinajstić information content (AvgIpc) is 3.22. The second-order valence-electron chi connectivity index (χ2n) is 7.96. The van der Waals surface area contributed by atoms with Crippen LogP contribution in [0.3, 0.4) is 0 Å². The van der Waals surface area contributed by atoms with Crippen molar-refractivity contribution in [2.24, 2.45) is 0 Å². The number of hydrogen-bond acceptors (Lipinski definition) is 6. The summed E-state index contributed by atoms with van der Waals surface area (Å²) >= 11 is 7.50. The van der Waals surface area contributed by atoms with Crippen molar-refractivity contribution in [3.63, 3.8) is 0 Å². The topological polar surface area (TPSA) is 77.2 Å². The number of aliphatic hydroxyl groups is 1. The van der Waals surface area contributed by atoms with Crippen LogP contribution < -0.4 is 10.3 Å². The van der Waals surface area contributed by atoms with Crippen LogP contribution in [-0.4, -0.2) is 39.1 Å². The highest BCUT2D eigenvalue weighted by Crippen LogP contribution is 2.50. The molecule has 4 rings (SSSR count). The Labute approximate surface area is 213 Å². The predicted molar refractivity (Wildman–Crippen MR) is 125 cm³/mol. The van der Waals surface area contributed by atoms with Crippen molar-refractivity contribution in [2.45, 2.75) is 31.3 Å². The molecule has 2 aromatic heterocycles. The Balaban J connectivity index is 1.93. The second kappa shape index (κ2) is 9.30. The van der Waals surface area contributed by atoms with Gasteiger partial charge >= 0.3 is 12.4 Å². The van der Waals surface area contributed by atoms with Crippen molar-refractivity contribution >= 4 is 33.8 Å². The summed E-state index contributed by atoms with van der Waals surface area (Å²) in [6.07, 6.45) is -12.1. The van der Waals surface area contributed by atoms with Crippen LogP contribution in [0.2, 0.25) is 5.02 Å². The molecule has 0 unspecified atom stereocenters. The lowest BCUT2D eigenvalue weighted by Crippen LogP contribution is -2.53. The number of benzene rings is 2.